The van der Waals surface area contributed by atoms with E-state index in [1.165, 1.54) is 0 Å². The highest BCUT2D eigenvalue weighted by molar-refractivity contribution is 7.99. The molecule has 0 saturated heterocycles. The Bertz CT molecular complexity index is 171. The number of ether oxygens (including phenoxy) is 2. The maximum atomic E-state index is 5.76. The van der Waals surface area contributed by atoms with E-state index >= 15 is 0 Å². The Labute approximate surface area is 140 Å². The van der Waals surface area contributed by atoms with Crippen LogP contribution in [0.15, 0.2) is 0 Å². The van der Waals surface area contributed by atoms with Crippen LogP contribution in [0.3, 0.4) is 0 Å². The van der Waals surface area contributed by atoms with Crippen molar-refractivity contribution >= 4 is 58.2 Å². The molecule has 0 aliphatic carbocycles. The fourth-order valence-electron chi connectivity index (χ4n) is 1.43. The molecule has 7 heteroatoms. The van der Waals surface area contributed by atoms with Crippen molar-refractivity contribution in [3.05, 3.63) is 0 Å². The Kier molecular flexibility index (Phi) is 17.0. The minimum absolute atomic E-state index is 0.158. The molecule has 0 aromatic carbocycles. The summed E-state index contributed by atoms with van der Waals surface area (Å²) in [6.07, 6.45) is 2.00. The van der Waals surface area contributed by atoms with Crippen LogP contribution in [0, 0.1) is 0 Å². The number of thioether (sulfide) groups is 1. The molecule has 0 aliphatic heterocycles. The molecule has 0 aromatic rings. The molecule has 0 rings (SSSR count). The van der Waals surface area contributed by atoms with Crippen LogP contribution < -0.4 is 0 Å². The fraction of sp³-hybridized carbons (Fsp3) is 1.00. The Balaban J connectivity index is 3.83. The third kappa shape index (κ3) is 12.9. The Morgan fingerprint density at radius 3 is 1.42 bits per heavy atom. The quantitative estimate of drug-likeness (QED) is 0.426. The Hall–Kier alpha value is 1.43. The topological polar surface area (TPSA) is 18.5 Å². The molecule has 0 bridgehead atoms. The summed E-state index contributed by atoms with van der Waals surface area (Å²) in [7, 11) is 0. The van der Waals surface area contributed by atoms with E-state index in [1.807, 2.05) is 0 Å². The maximum absolute atomic E-state index is 5.76. The minimum atomic E-state index is 0.158. The SMILES string of the molecule is ClCCO[C@@H](CCCl)CSC[C@H](CCCl)OCCCl. The van der Waals surface area contributed by atoms with Gasteiger partial charge in [0, 0.05) is 35.0 Å². The largest absolute Gasteiger partial charge is 0.376 e. The standard InChI is InChI=1S/C12H22Cl4O2S/c13-3-1-11(17-7-5-15)9-19-10-12(2-4-14)18-8-6-16/h11-12H,1-10H2/t11-,12-/m0/s1. The van der Waals surface area contributed by atoms with Crippen molar-refractivity contribution in [2.45, 2.75) is 25.0 Å². The van der Waals surface area contributed by atoms with Crippen LogP contribution in [0.1, 0.15) is 12.8 Å². The summed E-state index contributed by atoms with van der Waals surface area (Å²) < 4.78 is 11.3. The molecule has 0 fully saturated rings. The molecule has 2 nitrogen and oxygen atoms in total. The monoisotopic (exact) mass is 370 g/mol. The van der Waals surface area contributed by atoms with Crippen LogP contribution in [-0.2, 0) is 9.47 Å². The molecule has 0 radical (unpaired) electrons. The minimum Gasteiger partial charge on any atom is -0.376 e. The summed E-state index contributed by atoms with van der Waals surface area (Å²) >= 11 is 24.5. The zero-order valence-corrected chi connectivity index (χ0v) is 14.8. The molecule has 0 saturated carbocycles. The van der Waals surface area contributed by atoms with E-state index in [9.17, 15) is 0 Å². The van der Waals surface area contributed by atoms with E-state index in [-0.39, 0.29) is 12.2 Å². The first-order valence-corrected chi connectivity index (χ1v) is 9.62. The molecular weight excluding hydrogens is 350 g/mol. The summed E-state index contributed by atoms with van der Waals surface area (Å²) in [4.78, 5) is 0. The molecule has 0 heterocycles. The van der Waals surface area contributed by atoms with Crippen molar-refractivity contribution in [1.29, 1.82) is 0 Å². The first-order valence-electron chi connectivity index (χ1n) is 6.33. The molecule has 0 spiro atoms. The van der Waals surface area contributed by atoms with Crippen LogP contribution in [0.2, 0.25) is 0 Å². The highest BCUT2D eigenvalue weighted by Gasteiger charge is 2.12. The molecule has 0 unspecified atom stereocenters. The van der Waals surface area contributed by atoms with Crippen molar-refractivity contribution in [3.63, 3.8) is 0 Å². The molecule has 0 N–H and O–H groups in total. The lowest BCUT2D eigenvalue weighted by Crippen LogP contribution is -2.22. The molecule has 19 heavy (non-hydrogen) atoms. The van der Waals surface area contributed by atoms with Crippen LogP contribution in [0.4, 0.5) is 0 Å². The van der Waals surface area contributed by atoms with Crippen LogP contribution in [0.5, 0.6) is 0 Å². The second-order valence-corrected chi connectivity index (χ2v) is 6.44. The van der Waals surface area contributed by atoms with Gasteiger partial charge in [-0.25, -0.2) is 0 Å². The van der Waals surface area contributed by atoms with E-state index in [2.05, 4.69) is 0 Å². The molecule has 0 amide bonds. The third-order valence-electron chi connectivity index (χ3n) is 2.33. The lowest BCUT2D eigenvalue weighted by Gasteiger charge is -2.19. The number of halogens is 4. The predicted octanol–water partition coefficient (Wildman–Crippen LogP) is 4.23. The lowest BCUT2D eigenvalue weighted by atomic mass is 10.3. The van der Waals surface area contributed by atoms with Gasteiger partial charge in [0.25, 0.3) is 0 Å². The van der Waals surface area contributed by atoms with Crippen LogP contribution in [-0.4, -0.2) is 60.4 Å². The summed E-state index contributed by atoms with van der Waals surface area (Å²) in [6, 6.07) is 0. The van der Waals surface area contributed by atoms with Gasteiger partial charge in [-0.15, -0.1) is 46.4 Å². The first kappa shape index (κ1) is 20.4. The van der Waals surface area contributed by atoms with E-state index in [0.717, 1.165) is 24.3 Å². The average molecular weight is 372 g/mol. The molecular formula is C12H22Cl4O2S. The van der Waals surface area contributed by atoms with Crippen molar-refractivity contribution < 1.29 is 9.47 Å². The summed E-state index contributed by atoms with van der Waals surface area (Å²) in [6.45, 7) is 1.13. The lowest BCUT2D eigenvalue weighted by molar-refractivity contribution is 0.0756. The van der Waals surface area contributed by atoms with Gasteiger partial charge in [0.05, 0.1) is 25.4 Å². The first-order chi connectivity index (χ1) is 9.28. The third-order valence-corrected chi connectivity index (χ3v) is 4.29. The van der Waals surface area contributed by atoms with Gasteiger partial charge in [-0.2, -0.15) is 11.8 Å². The molecule has 116 valence electrons. The predicted molar refractivity (Wildman–Crippen MR) is 88.9 cm³/mol. The smallest absolute Gasteiger partial charge is 0.0677 e. The Morgan fingerprint density at radius 2 is 1.11 bits per heavy atom. The highest BCUT2D eigenvalue weighted by Crippen LogP contribution is 2.15. The van der Waals surface area contributed by atoms with Crippen molar-refractivity contribution in [3.8, 4) is 0 Å². The van der Waals surface area contributed by atoms with E-state index in [4.69, 9.17) is 55.9 Å². The Morgan fingerprint density at radius 1 is 0.684 bits per heavy atom. The van der Waals surface area contributed by atoms with Gasteiger partial charge in [-0.05, 0) is 12.8 Å². The van der Waals surface area contributed by atoms with Gasteiger partial charge in [-0.3, -0.25) is 0 Å². The summed E-state index contributed by atoms with van der Waals surface area (Å²) in [5.74, 6) is 4.01. The maximum Gasteiger partial charge on any atom is 0.0677 e. The van der Waals surface area contributed by atoms with Gasteiger partial charge in [0.1, 0.15) is 0 Å². The molecule has 0 aliphatic rings. The molecule has 0 aromatic heterocycles. The highest BCUT2D eigenvalue weighted by atomic mass is 35.5. The van der Waals surface area contributed by atoms with Gasteiger partial charge in [0.15, 0.2) is 0 Å². The van der Waals surface area contributed by atoms with Crippen molar-refractivity contribution in [1.82, 2.24) is 0 Å². The number of alkyl halides is 4. The van der Waals surface area contributed by atoms with Crippen molar-refractivity contribution in [2.75, 3.05) is 48.2 Å². The second kappa shape index (κ2) is 15.8. The van der Waals surface area contributed by atoms with E-state index in [1.54, 1.807) is 11.8 Å². The average Bonchev–Trinajstić information content (AvgIpc) is 2.42. The number of rotatable bonds is 14. The second-order valence-electron chi connectivity index (χ2n) is 3.86. The van der Waals surface area contributed by atoms with Crippen LogP contribution in [0.25, 0.3) is 0 Å². The van der Waals surface area contributed by atoms with Crippen molar-refractivity contribution in [2.24, 2.45) is 0 Å². The number of hydrogen-bond acceptors (Lipinski definition) is 3. The van der Waals surface area contributed by atoms with Gasteiger partial charge in [0.2, 0.25) is 0 Å². The number of hydrogen-bond donors (Lipinski definition) is 0. The van der Waals surface area contributed by atoms with Crippen LogP contribution >= 0.6 is 58.2 Å². The zero-order chi connectivity index (χ0) is 14.3. The van der Waals surface area contributed by atoms with Gasteiger partial charge >= 0.3 is 0 Å². The van der Waals surface area contributed by atoms with E-state index in [0.29, 0.717) is 36.7 Å². The van der Waals surface area contributed by atoms with E-state index < -0.39 is 0 Å². The normalized spacial score (nSPS) is 14.5. The molecule has 2 atom stereocenters. The zero-order valence-electron chi connectivity index (χ0n) is 11.0. The van der Waals surface area contributed by atoms with Gasteiger partial charge in [-0.1, -0.05) is 0 Å². The fourth-order valence-corrected chi connectivity index (χ4v) is 3.28. The summed E-state index contributed by atoms with van der Waals surface area (Å²) in [5.41, 5.74) is 0. The van der Waals surface area contributed by atoms with Gasteiger partial charge < -0.3 is 9.47 Å². The summed E-state index contributed by atoms with van der Waals surface area (Å²) in [5, 5.41) is 0.